The average Bonchev–Trinajstić information content (AvgIpc) is 2.89. The zero-order valence-corrected chi connectivity index (χ0v) is 23.3. The minimum atomic E-state index is -2.74. The number of halogens is 3. The van der Waals surface area contributed by atoms with Crippen molar-refractivity contribution < 1.29 is 23.1 Å². The fourth-order valence-corrected chi connectivity index (χ4v) is 3.28. The summed E-state index contributed by atoms with van der Waals surface area (Å²) in [5.41, 5.74) is 1.63. The molecule has 6 nitrogen and oxygen atoms in total. The third-order valence-electron chi connectivity index (χ3n) is 5.28. The molecule has 1 amide bonds. The van der Waals surface area contributed by atoms with E-state index in [1.54, 1.807) is 19.1 Å². The number of phenolic OH excluding ortho intramolecular Hbond substituents is 1. The number of rotatable bonds is 8. The van der Waals surface area contributed by atoms with Gasteiger partial charge in [0.15, 0.2) is 11.6 Å². The monoisotopic (exact) mass is 544 g/mol. The smallest absolute Gasteiger partial charge is 0.265 e. The Morgan fingerprint density at radius 1 is 1.14 bits per heavy atom. The molecule has 0 spiro atoms. The van der Waals surface area contributed by atoms with E-state index < -0.39 is 18.3 Å². The molecule has 0 atom stereocenters. The molecule has 3 N–H and O–H groups in total. The third kappa shape index (κ3) is 16.1. The summed E-state index contributed by atoms with van der Waals surface area (Å²) >= 11 is 3.30. The van der Waals surface area contributed by atoms with Gasteiger partial charge in [-0.3, -0.25) is 4.79 Å². The van der Waals surface area contributed by atoms with Crippen LogP contribution in [0.3, 0.4) is 0 Å². The first kappa shape index (κ1) is 34.5. The van der Waals surface area contributed by atoms with Crippen LogP contribution in [-0.2, 0) is 11.3 Å². The van der Waals surface area contributed by atoms with Crippen LogP contribution in [0.5, 0.6) is 5.75 Å². The summed E-state index contributed by atoms with van der Waals surface area (Å²) in [5, 5.41) is 12.2. The molecule has 10 heteroatoms. The van der Waals surface area contributed by atoms with Gasteiger partial charge in [0.2, 0.25) is 6.41 Å². The van der Waals surface area contributed by atoms with Gasteiger partial charge in [0.05, 0.1) is 6.54 Å². The number of piperidine rings is 1. The van der Waals surface area contributed by atoms with E-state index in [4.69, 9.17) is 9.90 Å². The van der Waals surface area contributed by atoms with Gasteiger partial charge in [0.25, 0.3) is 5.92 Å². The van der Waals surface area contributed by atoms with E-state index in [1.807, 2.05) is 16.9 Å². The number of aryl methyl sites for hydroxylation is 1. The molecule has 0 radical (unpaired) electrons. The van der Waals surface area contributed by atoms with Gasteiger partial charge in [-0.2, -0.15) is 0 Å². The van der Waals surface area contributed by atoms with E-state index in [0.717, 1.165) is 13.1 Å². The number of hydrogen-bond acceptors (Lipinski definition) is 6. The third-order valence-corrected chi connectivity index (χ3v) is 5.39. The lowest BCUT2D eigenvalue weighted by Gasteiger charge is -2.33. The molecular formula is C27H43F3N4O2S. The molecule has 1 fully saturated rings. The summed E-state index contributed by atoms with van der Waals surface area (Å²) in [5.74, 6) is -2.87. The quantitative estimate of drug-likeness (QED) is 0.175. The largest absolute Gasteiger partial charge is 0.508 e. The van der Waals surface area contributed by atoms with Gasteiger partial charge in [0, 0.05) is 25.7 Å². The second-order valence-electron chi connectivity index (χ2n) is 8.55. The summed E-state index contributed by atoms with van der Waals surface area (Å²) in [7, 11) is 0. The summed E-state index contributed by atoms with van der Waals surface area (Å²) in [6.45, 7) is 9.97. The van der Waals surface area contributed by atoms with Crippen molar-refractivity contribution in [1.29, 1.82) is 0 Å². The fourth-order valence-electron chi connectivity index (χ4n) is 3.28. The van der Waals surface area contributed by atoms with Crippen LogP contribution in [0.25, 0.3) is 0 Å². The Labute approximate surface area is 225 Å². The maximum Gasteiger partial charge on any atom is 0.265 e. The van der Waals surface area contributed by atoms with Crippen molar-refractivity contribution in [2.24, 2.45) is 0 Å². The minimum absolute atomic E-state index is 0.0411. The highest BCUT2D eigenvalue weighted by Crippen LogP contribution is 2.30. The van der Waals surface area contributed by atoms with Crippen molar-refractivity contribution >= 4 is 25.0 Å². The minimum Gasteiger partial charge on any atom is -0.508 e. The lowest BCUT2D eigenvalue weighted by atomic mass is 10.1. The topological polar surface area (TPSA) is 77.5 Å². The van der Waals surface area contributed by atoms with Crippen LogP contribution < -0.4 is 14.9 Å². The van der Waals surface area contributed by atoms with Gasteiger partial charge in [-0.15, -0.1) is 0 Å². The van der Waals surface area contributed by atoms with Crippen molar-refractivity contribution in [3.05, 3.63) is 53.5 Å². The summed E-state index contributed by atoms with van der Waals surface area (Å²) in [6, 6.07) is 8.76. The zero-order valence-electron chi connectivity index (χ0n) is 22.4. The average molecular weight is 545 g/mol. The number of phenols is 1. The molecule has 1 aliphatic rings. The number of pyridine rings is 1. The summed E-state index contributed by atoms with van der Waals surface area (Å²) in [6.07, 6.45) is 7.71. The SMILES string of the molecule is CCCCCC.CCNCc1ccc(O)cc1.Cc1ccnc(N2CCCC(F)(F)C2)c1F.O=CNS. The maximum atomic E-state index is 13.7. The molecule has 1 aromatic carbocycles. The van der Waals surface area contributed by atoms with Gasteiger partial charge in [-0.25, -0.2) is 18.2 Å². The second-order valence-corrected chi connectivity index (χ2v) is 8.81. The Kier molecular flexibility index (Phi) is 19.2. The first-order valence-corrected chi connectivity index (χ1v) is 13.2. The maximum absolute atomic E-state index is 13.7. The van der Waals surface area contributed by atoms with Gasteiger partial charge in [-0.1, -0.05) is 71.4 Å². The molecule has 1 saturated heterocycles. The van der Waals surface area contributed by atoms with Crippen LogP contribution in [-0.4, -0.2) is 42.1 Å². The van der Waals surface area contributed by atoms with Crippen LogP contribution in [0.1, 0.15) is 70.4 Å². The van der Waals surface area contributed by atoms with Crippen molar-refractivity contribution in [1.82, 2.24) is 15.0 Å². The molecule has 2 heterocycles. The van der Waals surface area contributed by atoms with E-state index in [2.05, 4.69) is 43.9 Å². The predicted octanol–water partition coefficient (Wildman–Crippen LogP) is 6.43. The first-order valence-electron chi connectivity index (χ1n) is 12.7. The number of carbonyl (C=O) groups is 1. The van der Waals surface area contributed by atoms with E-state index in [9.17, 15) is 13.2 Å². The summed E-state index contributed by atoms with van der Waals surface area (Å²) < 4.78 is 42.0. The fraction of sp³-hybridized carbons (Fsp3) is 0.556. The molecule has 2 aromatic rings. The molecule has 1 aromatic heterocycles. The standard InChI is InChI=1S/C11H13F3N2.C9H13NO.C6H14.CH3NOS/c1-8-3-5-15-10(9(8)12)16-6-2-4-11(13,14)7-16;1-2-10-7-8-3-5-9(11)6-4-8;1-3-5-6-4-2;3-1-2-4/h3,5H,2,4,6-7H2,1H3;3-6,10-11H,2,7H2,1H3;3-6H2,1-2H3;1,4H,(H,2,3). The van der Waals surface area contributed by atoms with Gasteiger partial charge in [0.1, 0.15) is 5.75 Å². The van der Waals surface area contributed by atoms with Crippen molar-refractivity contribution in [2.75, 3.05) is 24.5 Å². The number of hydrogen-bond donors (Lipinski definition) is 4. The van der Waals surface area contributed by atoms with Gasteiger partial charge < -0.3 is 20.0 Å². The van der Waals surface area contributed by atoms with Crippen molar-refractivity contribution in [3.63, 3.8) is 0 Å². The highest BCUT2D eigenvalue weighted by molar-refractivity contribution is 7.78. The Balaban J connectivity index is 0.000000535. The number of thiol groups is 1. The van der Waals surface area contributed by atoms with Crippen LogP contribution in [0.15, 0.2) is 36.5 Å². The normalized spacial score (nSPS) is 13.6. The first-order chi connectivity index (χ1) is 17.6. The number of nitrogens with one attached hydrogen (secondary N) is 2. The van der Waals surface area contributed by atoms with E-state index in [-0.39, 0.29) is 12.2 Å². The van der Waals surface area contributed by atoms with Crippen LogP contribution in [0, 0.1) is 12.7 Å². The lowest BCUT2D eigenvalue weighted by Crippen LogP contribution is -2.43. The molecular weight excluding hydrogens is 501 g/mol. The number of amides is 1. The van der Waals surface area contributed by atoms with E-state index in [1.165, 1.54) is 48.4 Å². The van der Waals surface area contributed by atoms with Gasteiger partial charge >= 0.3 is 0 Å². The van der Waals surface area contributed by atoms with Crippen LogP contribution in [0.2, 0.25) is 0 Å². The van der Waals surface area contributed by atoms with Gasteiger partial charge in [-0.05, 0) is 49.2 Å². The number of alkyl halides is 2. The molecule has 3 rings (SSSR count). The number of unbranched alkanes of at least 4 members (excludes halogenated alkanes) is 3. The highest BCUT2D eigenvalue weighted by Gasteiger charge is 2.36. The van der Waals surface area contributed by atoms with E-state index >= 15 is 0 Å². The summed E-state index contributed by atoms with van der Waals surface area (Å²) in [4.78, 5) is 14.2. The Morgan fingerprint density at radius 3 is 2.22 bits per heavy atom. The van der Waals surface area contributed by atoms with E-state index in [0.29, 0.717) is 30.7 Å². The lowest BCUT2D eigenvalue weighted by molar-refractivity contribution is -0.107. The number of carbonyl (C=O) groups excluding carboxylic acids is 1. The molecule has 1 aliphatic heterocycles. The molecule has 210 valence electrons. The number of anilines is 1. The molecule has 0 unspecified atom stereocenters. The van der Waals surface area contributed by atoms with Crippen molar-refractivity contribution in [3.8, 4) is 5.75 Å². The molecule has 37 heavy (non-hydrogen) atoms. The highest BCUT2D eigenvalue weighted by atomic mass is 32.1. The Morgan fingerprint density at radius 2 is 1.73 bits per heavy atom. The predicted molar refractivity (Wildman–Crippen MR) is 149 cm³/mol. The Hall–Kier alpha value is -2.46. The second kappa shape index (κ2) is 20.6. The zero-order chi connectivity index (χ0) is 28.1. The van der Waals surface area contributed by atoms with Crippen molar-refractivity contribution in [2.45, 2.75) is 78.7 Å². The number of nitrogens with zero attached hydrogens (tertiary/aromatic N) is 2. The molecule has 0 aliphatic carbocycles. The Bertz CT molecular complexity index is 854. The number of aromatic nitrogens is 1. The van der Waals surface area contributed by atoms with Crippen LogP contribution >= 0.6 is 12.8 Å². The molecule has 0 bridgehead atoms. The number of aromatic hydroxyl groups is 1. The van der Waals surface area contributed by atoms with Crippen LogP contribution in [0.4, 0.5) is 19.0 Å². The molecule has 0 saturated carbocycles. The number of benzene rings is 1.